The van der Waals surface area contributed by atoms with Gasteiger partial charge in [-0.2, -0.15) is 13.2 Å². The molecule has 94 valence electrons. The number of carboxylic acid groups (broad SMARTS) is 1. The molecule has 3 nitrogen and oxygen atoms in total. The van der Waals surface area contributed by atoms with Crippen molar-refractivity contribution in [2.75, 3.05) is 6.61 Å². The van der Waals surface area contributed by atoms with Gasteiger partial charge < -0.3 is 9.84 Å². The molecule has 0 aromatic heterocycles. The van der Waals surface area contributed by atoms with Crippen LogP contribution in [-0.2, 0) is 9.53 Å². The van der Waals surface area contributed by atoms with Crippen molar-refractivity contribution >= 4 is 5.97 Å². The quantitative estimate of drug-likeness (QED) is 0.665. The predicted molar refractivity (Wildman–Crippen MR) is 45.7 cm³/mol. The zero-order valence-corrected chi connectivity index (χ0v) is 8.39. The van der Waals surface area contributed by atoms with Crippen molar-refractivity contribution in [1.29, 1.82) is 0 Å². The number of alkyl halides is 4. The van der Waals surface area contributed by atoms with E-state index < -0.39 is 18.3 Å². The van der Waals surface area contributed by atoms with E-state index in [2.05, 4.69) is 0 Å². The maximum Gasteiger partial charge on any atom is 0.490 e. The van der Waals surface area contributed by atoms with E-state index in [0.29, 0.717) is 13.0 Å². The molecule has 0 amide bonds. The van der Waals surface area contributed by atoms with Gasteiger partial charge in [0.2, 0.25) is 0 Å². The molecule has 16 heavy (non-hydrogen) atoms. The number of halogens is 4. The smallest absolute Gasteiger partial charge is 0.475 e. The summed E-state index contributed by atoms with van der Waals surface area (Å²) in [6.07, 6.45) is -1.69. The van der Waals surface area contributed by atoms with E-state index in [4.69, 9.17) is 14.6 Å². The fraction of sp³-hybridized carbons (Fsp3) is 0.889. The average molecular weight is 244 g/mol. The van der Waals surface area contributed by atoms with Crippen LogP contribution in [0.4, 0.5) is 17.6 Å². The maximum atomic E-state index is 12.5. The molecular weight excluding hydrogens is 232 g/mol. The first-order valence-corrected chi connectivity index (χ1v) is 4.83. The Balaban J connectivity index is 0.000000168. The topological polar surface area (TPSA) is 46.5 Å². The average Bonchev–Trinajstić information content (AvgIpc) is 2.46. The van der Waals surface area contributed by atoms with E-state index in [1.54, 1.807) is 0 Å². The Labute approximate surface area is 89.4 Å². The van der Waals surface area contributed by atoms with Crippen molar-refractivity contribution in [2.45, 2.75) is 43.6 Å². The lowest BCUT2D eigenvalue weighted by Crippen LogP contribution is -2.35. The van der Waals surface area contributed by atoms with Gasteiger partial charge >= 0.3 is 12.1 Å². The van der Waals surface area contributed by atoms with Gasteiger partial charge in [0.25, 0.3) is 0 Å². The standard InChI is InChI=1S/C7H11FO.C2HF3O2/c8-6-4-7(9-5-6)2-1-3-7;3-2(4,5)1(6)7/h6H,1-5H2;(H,6,7)/t6-;/m1./s1. The van der Waals surface area contributed by atoms with Crippen LogP contribution in [0, 0.1) is 0 Å². The molecule has 0 aromatic carbocycles. The summed E-state index contributed by atoms with van der Waals surface area (Å²) in [6.45, 7) is 0.347. The van der Waals surface area contributed by atoms with Crippen LogP contribution in [0.25, 0.3) is 0 Å². The summed E-state index contributed by atoms with van der Waals surface area (Å²) in [6, 6.07) is 0. The highest BCUT2D eigenvalue weighted by molar-refractivity contribution is 5.73. The molecule has 1 heterocycles. The van der Waals surface area contributed by atoms with Crippen molar-refractivity contribution in [3.8, 4) is 0 Å². The van der Waals surface area contributed by atoms with Crippen LogP contribution in [-0.4, -0.2) is 35.6 Å². The molecule has 0 radical (unpaired) electrons. The Morgan fingerprint density at radius 2 is 1.88 bits per heavy atom. The SMILES string of the molecule is F[C@H]1COC2(CCC2)C1.O=C(O)C(F)(F)F. The molecule has 7 heteroatoms. The maximum absolute atomic E-state index is 12.5. The lowest BCUT2D eigenvalue weighted by Gasteiger charge is -2.36. The Morgan fingerprint density at radius 3 is 2.00 bits per heavy atom. The Hall–Kier alpha value is -0.850. The summed E-state index contributed by atoms with van der Waals surface area (Å²) < 4.78 is 49.6. The summed E-state index contributed by atoms with van der Waals surface area (Å²) in [7, 11) is 0. The third kappa shape index (κ3) is 3.33. The van der Waals surface area contributed by atoms with Gasteiger partial charge in [0.15, 0.2) is 0 Å². The number of ether oxygens (including phenoxy) is 1. The third-order valence-electron chi connectivity index (χ3n) is 2.67. The fourth-order valence-corrected chi connectivity index (χ4v) is 1.71. The Kier molecular flexibility index (Phi) is 3.77. The number of rotatable bonds is 0. The molecule has 1 atom stereocenters. The Bertz CT molecular complexity index is 260. The van der Waals surface area contributed by atoms with E-state index in [0.717, 1.165) is 12.8 Å². The van der Waals surface area contributed by atoms with Gasteiger partial charge in [-0.3, -0.25) is 0 Å². The van der Waals surface area contributed by atoms with Crippen LogP contribution >= 0.6 is 0 Å². The predicted octanol–water partition coefficient (Wildman–Crippen LogP) is 2.30. The van der Waals surface area contributed by atoms with Gasteiger partial charge in [-0.05, 0) is 19.3 Å². The zero-order valence-electron chi connectivity index (χ0n) is 8.39. The first kappa shape index (κ1) is 13.2. The highest BCUT2D eigenvalue weighted by atomic mass is 19.4. The van der Waals surface area contributed by atoms with E-state index in [9.17, 15) is 17.6 Å². The molecule has 0 aromatic rings. The Morgan fingerprint density at radius 1 is 1.38 bits per heavy atom. The first-order valence-electron chi connectivity index (χ1n) is 4.83. The van der Waals surface area contributed by atoms with Gasteiger partial charge in [-0.15, -0.1) is 0 Å². The van der Waals surface area contributed by atoms with Crippen LogP contribution in [0.3, 0.4) is 0 Å². The largest absolute Gasteiger partial charge is 0.490 e. The normalized spacial score (nSPS) is 26.9. The summed E-state index contributed by atoms with van der Waals surface area (Å²) in [5.74, 6) is -2.76. The van der Waals surface area contributed by atoms with Crippen molar-refractivity contribution in [3.63, 3.8) is 0 Å². The van der Waals surface area contributed by atoms with E-state index in [1.807, 2.05) is 0 Å². The molecule has 1 saturated carbocycles. The van der Waals surface area contributed by atoms with Crippen molar-refractivity contribution in [1.82, 2.24) is 0 Å². The summed E-state index contributed by atoms with van der Waals surface area (Å²) in [4.78, 5) is 8.90. The molecule has 2 rings (SSSR count). The van der Waals surface area contributed by atoms with Gasteiger partial charge in [0.1, 0.15) is 6.17 Å². The zero-order chi connectivity index (χ0) is 12.4. The van der Waals surface area contributed by atoms with Crippen LogP contribution in [0.15, 0.2) is 0 Å². The van der Waals surface area contributed by atoms with Gasteiger partial charge in [0.05, 0.1) is 12.2 Å². The van der Waals surface area contributed by atoms with Gasteiger partial charge in [-0.1, -0.05) is 0 Å². The lowest BCUT2D eigenvalue weighted by atomic mass is 9.78. The fourth-order valence-electron chi connectivity index (χ4n) is 1.71. The van der Waals surface area contributed by atoms with Crippen LogP contribution < -0.4 is 0 Å². The number of hydrogen-bond donors (Lipinski definition) is 1. The second kappa shape index (κ2) is 4.57. The van der Waals surface area contributed by atoms with Gasteiger partial charge in [-0.25, -0.2) is 9.18 Å². The molecule has 1 saturated heterocycles. The summed E-state index contributed by atoms with van der Waals surface area (Å²) in [5.41, 5.74) is 0.0133. The minimum atomic E-state index is -5.08. The second-order valence-electron chi connectivity index (χ2n) is 3.95. The molecule has 0 bridgehead atoms. The monoisotopic (exact) mass is 244 g/mol. The van der Waals surface area contributed by atoms with Crippen molar-refractivity contribution in [3.05, 3.63) is 0 Å². The molecule has 2 aliphatic rings. The molecule has 2 fully saturated rings. The van der Waals surface area contributed by atoms with Crippen LogP contribution in [0.1, 0.15) is 25.7 Å². The number of carbonyl (C=O) groups is 1. The highest BCUT2D eigenvalue weighted by Gasteiger charge is 2.45. The van der Waals surface area contributed by atoms with Crippen LogP contribution in [0.5, 0.6) is 0 Å². The van der Waals surface area contributed by atoms with E-state index in [-0.39, 0.29) is 5.60 Å². The lowest BCUT2D eigenvalue weighted by molar-refractivity contribution is -0.192. The highest BCUT2D eigenvalue weighted by Crippen LogP contribution is 2.43. The molecule has 0 unspecified atom stereocenters. The van der Waals surface area contributed by atoms with E-state index >= 15 is 0 Å². The number of aliphatic carboxylic acids is 1. The number of carboxylic acids is 1. The minimum Gasteiger partial charge on any atom is -0.475 e. The second-order valence-corrected chi connectivity index (χ2v) is 3.95. The molecule has 1 aliphatic heterocycles. The molecule has 1 aliphatic carbocycles. The van der Waals surface area contributed by atoms with Crippen molar-refractivity contribution < 1.29 is 32.2 Å². The first-order chi connectivity index (χ1) is 7.25. The minimum absolute atomic E-state index is 0.0133. The molecule has 1 spiro atoms. The van der Waals surface area contributed by atoms with Crippen molar-refractivity contribution in [2.24, 2.45) is 0 Å². The molecule has 1 N–H and O–H groups in total. The molecular formula is C9H12F4O3. The van der Waals surface area contributed by atoms with E-state index in [1.165, 1.54) is 6.42 Å². The van der Waals surface area contributed by atoms with Crippen LogP contribution in [0.2, 0.25) is 0 Å². The third-order valence-corrected chi connectivity index (χ3v) is 2.67. The number of hydrogen-bond acceptors (Lipinski definition) is 2. The summed E-state index contributed by atoms with van der Waals surface area (Å²) in [5, 5.41) is 7.12. The summed E-state index contributed by atoms with van der Waals surface area (Å²) >= 11 is 0. The van der Waals surface area contributed by atoms with Gasteiger partial charge in [0, 0.05) is 6.42 Å².